The van der Waals surface area contributed by atoms with Crippen molar-refractivity contribution in [2.75, 3.05) is 25.2 Å². The lowest BCUT2D eigenvalue weighted by atomic mass is 9.71. The van der Waals surface area contributed by atoms with Crippen molar-refractivity contribution in [3.63, 3.8) is 0 Å². The highest BCUT2D eigenvalue weighted by molar-refractivity contribution is 7.90. The van der Waals surface area contributed by atoms with E-state index in [0.717, 1.165) is 40.5 Å². The minimum Gasteiger partial charge on any atom is -0.493 e. The van der Waals surface area contributed by atoms with Crippen LogP contribution in [0.15, 0.2) is 70.8 Å². The molecule has 10 nitrogen and oxygen atoms in total. The van der Waals surface area contributed by atoms with E-state index in [-0.39, 0.29) is 41.4 Å². The summed E-state index contributed by atoms with van der Waals surface area (Å²) in [6, 6.07) is 16.4. The minimum absolute atomic E-state index is 0.0187. The Hall–Kier alpha value is -3.67. The predicted molar refractivity (Wildman–Crippen MR) is 227 cm³/mol. The number of aromatic nitrogens is 1. The van der Waals surface area contributed by atoms with Crippen LogP contribution in [0.4, 0.5) is 0 Å². The normalized spacial score (nSPS) is 27.0. The van der Waals surface area contributed by atoms with Gasteiger partial charge in [-0.1, -0.05) is 44.0 Å². The van der Waals surface area contributed by atoms with Crippen LogP contribution in [0.5, 0.6) is 5.75 Å². The standard InChI is InChI=1S/C43H56Cl2N6O4S/c1-10-55-37-22-38(42(6,7)8)46-24-35(37)36-23-43(20-11-21-56(9,53)54,51-30(5)28(3)48-41(51)32-14-18-34(45)19-15-32)39(25-49(36)26-52)50-29(4)27(2)47-40(50)31-12-16-33(44)17-13-31/h12-19,22,24,26-30,36,39H,10-11,20-21,23,25H2,1-9H3/t27?,28?,29?,30?,36?,39-,43+/m1/s1. The fourth-order valence-corrected chi connectivity index (χ4v) is 9.68. The molecule has 4 heterocycles. The third kappa shape index (κ3) is 8.32. The third-order valence-electron chi connectivity index (χ3n) is 11.9. The van der Waals surface area contributed by atoms with E-state index in [1.807, 2.05) is 72.6 Å². The fraction of sp³-hybridized carbons (Fsp3) is 0.535. The van der Waals surface area contributed by atoms with Crippen LogP contribution in [-0.2, 0) is 20.0 Å². The van der Waals surface area contributed by atoms with Crippen molar-refractivity contribution in [1.82, 2.24) is 19.7 Å². The Morgan fingerprint density at radius 3 is 2.04 bits per heavy atom. The number of carbonyl (C=O) groups excluding carboxylic acids is 1. The number of halogens is 2. The summed E-state index contributed by atoms with van der Waals surface area (Å²) in [6.07, 6.45) is 5.47. The first-order chi connectivity index (χ1) is 26.4. The van der Waals surface area contributed by atoms with Gasteiger partial charge in [0.1, 0.15) is 27.3 Å². The van der Waals surface area contributed by atoms with Gasteiger partial charge < -0.3 is 19.4 Å². The second-order valence-corrected chi connectivity index (χ2v) is 20.0. The van der Waals surface area contributed by atoms with Gasteiger partial charge in [-0.25, -0.2) is 8.42 Å². The predicted octanol–water partition coefficient (Wildman–Crippen LogP) is 8.00. The van der Waals surface area contributed by atoms with Crippen LogP contribution in [0.25, 0.3) is 0 Å². The molecule has 13 heteroatoms. The number of piperidine rings is 1. The molecule has 6 rings (SSSR count). The number of carbonyl (C=O) groups is 1. The number of sulfone groups is 1. The smallest absolute Gasteiger partial charge is 0.210 e. The molecule has 1 aromatic heterocycles. The number of hydrogen-bond acceptors (Lipinski definition) is 9. The largest absolute Gasteiger partial charge is 0.493 e. The van der Waals surface area contributed by atoms with Crippen LogP contribution in [0.3, 0.4) is 0 Å². The Bertz CT molecular complexity index is 2070. The van der Waals surface area contributed by atoms with Crippen molar-refractivity contribution in [3.05, 3.63) is 93.2 Å². The molecule has 56 heavy (non-hydrogen) atoms. The number of ether oxygens (including phenoxy) is 1. The molecule has 0 spiro atoms. The highest BCUT2D eigenvalue weighted by Gasteiger charge is 2.59. The first kappa shape index (κ1) is 41.9. The second-order valence-electron chi connectivity index (χ2n) is 16.8. The SMILES string of the molecule is CCOc1cc(C(C)(C)C)ncc1C1C[C@](CCCS(C)(=O)=O)(N2C(c3ccc(Cl)cc3)=NC(C)C2C)[C@H](N2C(c3ccc(Cl)cc3)=NC(C)C2C)CN1C=O. The summed E-state index contributed by atoms with van der Waals surface area (Å²) in [7, 11) is -3.31. The lowest BCUT2D eigenvalue weighted by Crippen LogP contribution is -2.72. The van der Waals surface area contributed by atoms with Crippen molar-refractivity contribution < 1.29 is 17.9 Å². The summed E-state index contributed by atoms with van der Waals surface area (Å²) >= 11 is 12.8. The quantitative estimate of drug-likeness (QED) is 0.171. The zero-order valence-corrected chi connectivity index (χ0v) is 36.4. The van der Waals surface area contributed by atoms with Gasteiger partial charge in [-0.2, -0.15) is 0 Å². The number of nitrogens with zero attached hydrogens (tertiary/aromatic N) is 6. The number of hydrogen-bond donors (Lipinski definition) is 0. The minimum atomic E-state index is -3.31. The van der Waals surface area contributed by atoms with Crippen LogP contribution < -0.4 is 4.74 Å². The Morgan fingerprint density at radius 1 is 0.911 bits per heavy atom. The van der Waals surface area contributed by atoms with Gasteiger partial charge in [0.05, 0.1) is 48.4 Å². The van der Waals surface area contributed by atoms with Gasteiger partial charge in [-0.3, -0.25) is 19.8 Å². The van der Waals surface area contributed by atoms with Crippen molar-refractivity contribution in [3.8, 4) is 5.75 Å². The molecule has 3 aliphatic rings. The van der Waals surface area contributed by atoms with Crippen LogP contribution in [0.2, 0.25) is 10.0 Å². The first-order valence-corrected chi connectivity index (χ1v) is 22.5. The van der Waals surface area contributed by atoms with E-state index in [1.165, 1.54) is 6.26 Å². The van der Waals surface area contributed by atoms with Gasteiger partial charge in [-0.05, 0) is 102 Å². The zero-order chi connectivity index (χ0) is 40.7. The van der Waals surface area contributed by atoms with E-state index in [9.17, 15) is 13.2 Å². The molecule has 0 aliphatic carbocycles. The highest BCUT2D eigenvalue weighted by Crippen LogP contribution is 2.50. The summed E-state index contributed by atoms with van der Waals surface area (Å²) in [6.45, 7) is 17.7. The molecule has 3 aromatic rings. The van der Waals surface area contributed by atoms with Crippen molar-refractivity contribution in [2.24, 2.45) is 9.98 Å². The molecule has 5 unspecified atom stereocenters. The van der Waals surface area contributed by atoms with Crippen molar-refractivity contribution in [2.45, 2.75) is 122 Å². The molecular formula is C43H56Cl2N6O4S. The average molecular weight is 824 g/mol. The van der Waals surface area contributed by atoms with E-state index < -0.39 is 21.4 Å². The van der Waals surface area contributed by atoms with Gasteiger partial charge in [0, 0.05) is 68.7 Å². The Balaban J connectivity index is 1.62. The molecular weight excluding hydrogens is 767 g/mol. The van der Waals surface area contributed by atoms with Crippen molar-refractivity contribution >= 4 is 51.1 Å². The van der Waals surface area contributed by atoms with E-state index in [4.69, 9.17) is 42.9 Å². The molecule has 0 N–H and O–H groups in total. The maximum atomic E-state index is 13.5. The van der Waals surface area contributed by atoms with E-state index in [2.05, 4.69) is 58.3 Å². The van der Waals surface area contributed by atoms with Crippen LogP contribution in [-0.4, -0.2) is 107 Å². The summed E-state index contributed by atoms with van der Waals surface area (Å²) in [5, 5.41) is 1.25. The molecule has 2 aromatic carbocycles. The topological polar surface area (TPSA) is 108 Å². The average Bonchev–Trinajstić information content (AvgIpc) is 3.61. The van der Waals surface area contributed by atoms with Gasteiger partial charge in [0.25, 0.3) is 0 Å². The number of pyridine rings is 1. The number of likely N-dealkylation sites (tertiary alicyclic amines) is 1. The van der Waals surface area contributed by atoms with Crippen LogP contribution in [0.1, 0.15) is 103 Å². The number of benzene rings is 2. The monoisotopic (exact) mass is 822 g/mol. The summed E-state index contributed by atoms with van der Waals surface area (Å²) < 4.78 is 32.1. The van der Waals surface area contributed by atoms with Gasteiger partial charge >= 0.3 is 0 Å². The fourth-order valence-electron chi connectivity index (χ4n) is 8.76. The number of rotatable bonds is 12. The molecule has 3 aliphatic heterocycles. The second kappa shape index (κ2) is 16.3. The molecule has 1 fully saturated rings. The molecule has 0 bridgehead atoms. The third-order valence-corrected chi connectivity index (χ3v) is 13.5. The Kier molecular flexibility index (Phi) is 12.2. The number of aliphatic imine (C=N–C) groups is 2. The van der Waals surface area contributed by atoms with E-state index in [1.54, 1.807) is 0 Å². The lowest BCUT2D eigenvalue weighted by Gasteiger charge is -2.60. The first-order valence-electron chi connectivity index (χ1n) is 19.7. The van der Waals surface area contributed by atoms with Gasteiger partial charge in [0.2, 0.25) is 6.41 Å². The molecule has 0 saturated carbocycles. The molecule has 1 amide bonds. The van der Waals surface area contributed by atoms with Gasteiger partial charge in [0.15, 0.2) is 0 Å². The molecule has 302 valence electrons. The summed E-state index contributed by atoms with van der Waals surface area (Å²) in [5.41, 5.74) is 2.53. The van der Waals surface area contributed by atoms with Crippen molar-refractivity contribution in [1.29, 1.82) is 0 Å². The Morgan fingerprint density at radius 2 is 1.48 bits per heavy atom. The van der Waals surface area contributed by atoms with Crippen LogP contribution >= 0.6 is 23.2 Å². The maximum absolute atomic E-state index is 13.5. The molecule has 7 atom stereocenters. The zero-order valence-electron chi connectivity index (χ0n) is 34.0. The molecule has 0 radical (unpaired) electrons. The summed E-state index contributed by atoms with van der Waals surface area (Å²) in [5.74, 6) is 2.35. The Labute approximate surface area is 343 Å². The highest BCUT2D eigenvalue weighted by atomic mass is 35.5. The summed E-state index contributed by atoms with van der Waals surface area (Å²) in [4.78, 5) is 35.8. The lowest BCUT2D eigenvalue weighted by molar-refractivity contribution is -0.128. The number of amidine groups is 2. The van der Waals surface area contributed by atoms with Crippen LogP contribution in [0, 0.1) is 0 Å². The number of amides is 1. The van der Waals surface area contributed by atoms with E-state index in [0.29, 0.717) is 48.2 Å². The maximum Gasteiger partial charge on any atom is 0.210 e. The molecule has 1 saturated heterocycles. The van der Waals surface area contributed by atoms with E-state index >= 15 is 0 Å². The van der Waals surface area contributed by atoms with Gasteiger partial charge in [-0.15, -0.1) is 0 Å².